The van der Waals surface area contributed by atoms with Gasteiger partial charge in [0.2, 0.25) is 0 Å². The molecule has 0 saturated carbocycles. The van der Waals surface area contributed by atoms with Crippen molar-refractivity contribution in [3.63, 3.8) is 0 Å². The maximum absolute atomic E-state index is 12.6. The SMILES string of the molecule is Cc1ccc(OC2C[C@H]3CC[C@@H](C2)N3c2ccc(C#N)nn2)c(C(=O)OC(C)C)c1. The molecule has 7 nitrogen and oxygen atoms in total. The fourth-order valence-corrected chi connectivity index (χ4v) is 4.48. The normalized spacial score (nSPS) is 22.6. The van der Waals surface area contributed by atoms with Gasteiger partial charge < -0.3 is 14.4 Å². The molecule has 0 amide bonds. The summed E-state index contributed by atoms with van der Waals surface area (Å²) >= 11 is 0. The number of fused-ring (bicyclic) bond motifs is 2. The van der Waals surface area contributed by atoms with Crippen molar-refractivity contribution >= 4 is 11.8 Å². The van der Waals surface area contributed by atoms with Crippen molar-refractivity contribution in [1.29, 1.82) is 5.26 Å². The summed E-state index contributed by atoms with van der Waals surface area (Å²) in [6.07, 6.45) is 3.69. The van der Waals surface area contributed by atoms with Crippen LogP contribution in [0.1, 0.15) is 61.1 Å². The van der Waals surface area contributed by atoms with E-state index in [1.54, 1.807) is 6.07 Å². The van der Waals surface area contributed by atoms with E-state index in [1.165, 1.54) is 0 Å². The van der Waals surface area contributed by atoms with Crippen LogP contribution in [-0.4, -0.2) is 40.5 Å². The molecule has 0 aliphatic carbocycles. The second-order valence-corrected chi connectivity index (χ2v) is 8.35. The summed E-state index contributed by atoms with van der Waals surface area (Å²) in [5.74, 6) is 1.05. The van der Waals surface area contributed by atoms with Gasteiger partial charge in [-0.05, 0) is 57.9 Å². The maximum atomic E-state index is 12.6. The van der Waals surface area contributed by atoms with Crippen molar-refractivity contribution in [2.24, 2.45) is 0 Å². The molecular weight excluding hydrogens is 380 g/mol. The summed E-state index contributed by atoms with van der Waals surface area (Å²) in [5.41, 5.74) is 1.80. The molecule has 0 radical (unpaired) electrons. The number of aryl methyl sites for hydroxylation is 1. The number of hydrogen-bond donors (Lipinski definition) is 0. The van der Waals surface area contributed by atoms with Crippen molar-refractivity contribution < 1.29 is 14.3 Å². The molecule has 156 valence electrons. The number of nitrogens with zero attached hydrogens (tertiary/aromatic N) is 4. The van der Waals surface area contributed by atoms with E-state index in [-0.39, 0.29) is 18.2 Å². The predicted molar refractivity (Wildman–Crippen MR) is 111 cm³/mol. The Balaban J connectivity index is 1.49. The topological polar surface area (TPSA) is 88.3 Å². The standard InChI is InChI=1S/C23H26N4O3/c1-14(2)29-23(28)20-10-15(3)4-8-21(20)30-19-11-17-6-7-18(12-19)27(17)22-9-5-16(13-24)25-26-22/h4-5,8-10,14,17-19H,6-7,11-12H2,1-3H3/t17-,18+,19?. The van der Waals surface area contributed by atoms with Crippen LogP contribution in [0.25, 0.3) is 0 Å². The number of hydrogen-bond acceptors (Lipinski definition) is 7. The second kappa shape index (κ2) is 8.31. The van der Waals surface area contributed by atoms with E-state index in [1.807, 2.05) is 51.1 Å². The van der Waals surface area contributed by atoms with Gasteiger partial charge in [0.15, 0.2) is 11.5 Å². The van der Waals surface area contributed by atoms with Crippen LogP contribution in [0, 0.1) is 18.3 Å². The molecule has 2 bridgehead atoms. The van der Waals surface area contributed by atoms with E-state index < -0.39 is 0 Å². The number of carbonyl (C=O) groups excluding carboxylic acids is 1. The number of esters is 1. The molecule has 1 aromatic carbocycles. The fourth-order valence-electron chi connectivity index (χ4n) is 4.48. The summed E-state index contributed by atoms with van der Waals surface area (Å²) in [5, 5.41) is 17.2. The molecular formula is C23H26N4O3. The number of benzene rings is 1. The average Bonchev–Trinajstić information content (AvgIpc) is 2.99. The molecule has 0 spiro atoms. The molecule has 0 N–H and O–H groups in total. The molecule has 4 rings (SSSR count). The van der Waals surface area contributed by atoms with E-state index in [0.717, 1.165) is 37.1 Å². The number of ether oxygens (including phenoxy) is 2. The molecule has 3 atom stereocenters. The Morgan fingerprint density at radius 2 is 1.90 bits per heavy atom. The molecule has 2 aromatic rings. The van der Waals surface area contributed by atoms with E-state index in [9.17, 15) is 4.79 Å². The van der Waals surface area contributed by atoms with Crippen LogP contribution in [0.5, 0.6) is 5.75 Å². The Hall–Kier alpha value is -3.14. The van der Waals surface area contributed by atoms with Gasteiger partial charge in [-0.15, -0.1) is 10.2 Å². The number of rotatable bonds is 5. The van der Waals surface area contributed by atoms with Gasteiger partial charge in [0, 0.05) is 24.9 Å². The van der Waals surface area contributed by atoms with E-state index in [2.05, 4.69) is 15.1 Å². The number of piperidine rings is 1. The van der Waals surface area contributed by atoms with Gasteiger partial charge >= 0.3 is 5.97 Å². The Morgan fingerprint density at radius 3 is 2.50 bits per heavy atom. The first-order valence-corrected chi connectivity index (χ1v) is 10.4. The van der Waals surface area contributed by atoms with Crippen molar-refractivity contribution in [3.05, 3.63) is 47.2 Å². The third-order valence-electron chi connectivity index (χ3n) is 5.71. The average molecular weight is 406 g/mol. The number of nitriles is 1. The smallest absolute Gasteiger partial charge is 0.342 e. The molecule has 2 fully saturated rings. The number of carbonyl (C=O) groups is 1. The van der Waals surface area contributed by atoms with Gasteiger partial charge in [-0.2, -0.15) is 5.26 Å². The largest absolute Gasteiger partial charge is 0.489 e. The van der Waals surface area contributed by atoms with E-state index in [4.69, 9.17) is 14.7 Å². The molecule has 2 aliphatic rings. The fraction of sp³-hybridized carbons (Fsp3) is 0.478. The summed E-state index contributed by atoms with van der Waals surface area (Å²) in [4.78, 5) is 14.9. The van der Waals surface area contributed by atoms with Gasteiger partial charge in [-0.25, -0.2) is 4.79 Å². The van der Waals surface area contributed by atoms with Crippen molar-refractivity contribution in [2.45, 2.75) is 70.7 Å². The minimum absolute atomic E-state index is 0.0263. The lowest BCUT2D eigenvalue weighted by atomic mass is 9.99. The summed E-state index contributed by atoms with van der Waals surface area (Å²) in [6, 6.07) is 11.9. The van der Waals surface area contributed by atoms with Crippen LogP contribution < -0.4 is 9.64 Å². The van der Waals surface area contributed by atoms with Gasteiger partial charge in [0.05, 0.1) is 6.10 Å². The lowest BCUT2D eigenvalue weighted by molar-refractivity contribution is 0.0369. The van der Waals surface area contributed by atoms with Crippen molar-refractivity contribution in [1.82, 2.24) is 10.2 Å². The molecule has 7 heteroatoms. The first-order valence-electron chi connectivity index (χ1n) is 10.4. The Kier molecular flexibility index (Phi) is 5.58. The molecule has 3 heterocycles. The van der Waals surface area contributed by atoms with E-state index >= 15 is 0 Å². The van der Waals surface area contributed by atoms with Gasteiger partial charge in [-0.3, -0.25) is 0 Å². The minimum Gasteiger partial charge on any atom is -0.489 e. The van der Waals surface area contributed by atoms with Crippen molar-refractivity contribution in [2.75, 3.05) is 4.90 Å². The third-order valence-corrected chi connectivity index (χ3v) is 5.71. The Morgan fingerprint density at radius 1 is 1.17 bits per heavy atom. The highest BCUT2D eigenvalue weighted by Gasteiger charge is 2.42. The maximum Gasteiger partial charge on any atom is 0.342 e. The second-order valence-electron chi connectivity index (χ2n) is 8.35. The molecule has 1 aromatic heterocycles. The predicted octanol–water partition coefficient (Wildman–Crippen LogP) is 3.80. The number of aromatic nitrogens is 2. The van der Waals surface area contributed by atoms with Crippen LogP contribution in [-0.2, 0) is 4.74 Å². The molecule has 1 unspecified atom stereocenters. The van der Waals surface area contributed by atoms with E-state index in [0.29, 0.717) is 29.1 Å². The molecule has 30 heavy (non-hydrogen) atoms. The number of anilines is 1. The van der Waals surface area contributed by atoms with Crippen LogP contribution in [0.4, 0.5) is 5.82 Å². The zero-order chi connectivity index (χ0) is 21.3. The molecule has 2 aliphatic heterocycles. The summed E-state index contributed by atoms with van der Waals surface area (Å²) < 4.78 is 11.7. The first-order chi connectivity index (χ1) is 14.4. The van der Waals surface area contributed by atoms with Crippen LogP contribution in [0.2, 0.25) is 0 Å². The third kappa shape index (κ3) is 4.09. The first kappa shape index (κ1) is 20.1. The lowest BCUT2D eigenvalue weighted by Gasteiger charge is -2.39. The Labute approximate surface area is 176 Å². The Bertz CT molecular complexity index is 953. The van der Waals surface area contributed by atoms with Gasteiger partial charge in [-0.1, -0.05) is 11.6 Å². The van der Waals surface area contributed by atoms with Crippen molar-refractivity contribution in [3.8, 4) is 11.8 Å². The quantitative estimate of drug-likeness (QED) is 0.698. The molecule has 2 saturated heterocycles. The highest BCUT2D eigenvalue weighted by molar-refractivity contribution is 5.92. The monoisotopic (exact) mass is 406 g/mol. The summed E-state index contributed by atoms with van der Waals surface area (Å²) in [6.45, 7) is 5.63. The highest BCUT2D eigenvalue weighted by atomic mass is 16.5. The zero-order valence-electron chi connectivity index (χ0n) is 17.5. The summed E-state index contributed by atoms with van der Waals surface area (Å²) in [7, 11) is 0. The van der Waals surface area contributed by atoms with Gasteiger partial charge in [0.25, 0.3) is 0 Å². The van der Waals surface area contributed by atoms with Crippen LogP contribution in [0.15, 0.2) is 30.3 Å². The van der Waals surface area contributed by atoms with Crippen LogP contribution >= 0.6 is 0 Å². The lowest BCUT2D eigenvalue weighted by Crippen LogP contribution is -2.47. The van der Waals surface area contributed by atoms with Crippen LogP contribution in [0.3, 0.4) is 0 Å². The zero-order valence-corrected chi connectivity index (χ0v) is 17.5. The van der Waals surface area contributed by atoms with Gasteiger partial charge in [0.1, 0.15) is 23.5 Å². The minimum atomic E-state index is -0.350. The highest BCUT2D eigenvalue weighted by Crippen LogP contribution is 2.40.